The molecule has 1 saturated heterocycles. The number of likely N-dealkylation sites (tertiary alicyclic amines) is 1. The van der Waals surface area contributed by atoms with E-state index in [1.54, 1.807) is 6.07 Å². The van der Waals surface area contributed by atoms with Gasteiger partial charge in [-0.25, -0.2) is 9.18 Å². The van der Waals surface area contributed by atoms with Crippen LogP contribution in [-0.4, -0.2) is 42.0 Å². The SMILES string of the molecule is O=C(NC1CCCCC1)N1CCC(NC(=O)C2(c3cccc(F)c3)CCCC2)CC1. The number of halogens is 1. The van der Waals surface area contributed by atoms with Crippen LogP contribution in [-0.2, 0) is 10.2 Å². The largest absolute Gasteiger partial charge is 0.352 e. The summed E-state index contributed by atoms with van der Waals surface area (Å²) in [5.74, 6) is -0.264. The van der Waals surface area contributed by atoms with E-state index in [0.717, 1.165) is 56.9 Å². The summed E-state index contributed by atoms with van der Waals surface area (Å²) >= 11 is 0. The predicted octanol–water partition coefficient (Wildman–Crippen LogP) is 4.26. The molecule has 3 fully saturated rings. The predicted molar refractivity (Wildman–Crippen MR) is 115 cm³/mol. The molecule has 3 aliphatic rings. The third-order valence-electron chi connectivity index (χ3n) is 7.32. The first kappa shape index (κ1) is 21.1. The number of carbonyl (C=O) groups excluding carboxylic acids is 2. The van der Waals surface area contributed by atoms with Crippen LogP contribution in [0, 0.1) is 5.82 Å². The zero-order chi connectivity index (χ0) is 21.0. The van der Waals surface area contributed by atoms with E-state index in [-0.39, 0.29) is 23.8 Å². The highest BCUT2D eigenvalue weighted by Crippen LogP contribution is 2.41. The smallest absolute Gasteiger partial charge is 0.317 e. The van der Waals surface area contributed by atoms with Gasteiger partial charge >= 0.3 is 6.03 Å². The Hall–Kier alpha value is -2.11. The van der Waals surface area contributed by atoms with Gasteiger partial charge in [0, 0.05) is 25.2 Å². The van der Waals surface area contributed by atoms with Gasteiger partial charge in [-0.1, -0.05) is 44.2 Å². The Labute approximate surface area is 178 Å². The van der Waals surface area contributed by atoms with Crippen LogP contribution in [0.5, 0.6) is 0 Å². The van der Waals surface area contributed by atoms with Gasteiger partial charge in [0.05, 0.1) is 5.41 Å². The summed E-state index contributed by atoms with van der Waals surface area (Å²) in [5.41, 5.74) is 0.180. The normalized spacial score (nSPS) is 22.6. The number of nitrogens with one attached hydrogen (secondary N) is 2. The zero-order valence-electron chi connectivity index (χ0n) is 17.8. The van der Waals surface area contributed by atoms with Crippen LogP contribution in [0.2, 0.25) is 0 Å². The molecule has 2 saturated carbocycles. The van der Waals surface area contributed by atoms with E-state index in [0.29, 0.717) is 19.1 Å². The van der Waals surface area contributed by atoms with Crippen LogP contribution >= 0.6 is 0 Å². The van der Waals surface area contributed by atoms with Gasteiger partial charge in [0.15, 0.2) is 0 Å². The molecule has 2 aliphatic carbocycles. The van der Waals surface area contributed by atoms with Gasteiger partial charge in [0.1, 0.15) is 5.82 Å². The Balaban J connectivity index is 1.31. The lowest BCUT2D eigenvalue weighted by Gasteiger charge is -2.36. The minimum Gasteiger partial charge on any atom is -0.352 e. The molecule has 0 atom stereocenters. The molecule has 1 aromatic rings. The number of carbonyl (C=O) groups is 2. The highest BCUT2D eigenvalue weighted by molar-refractivity contribution is 5.89. The van der Waals surface area contributed by atoms with Crippen LogP contribution in [0.25, 0.3) is 0 Å². The lowest BCUT2D eigenvalue weighted by Crippen LogP contribution is -2.53. The molecule has 0 unspecified atom stereocenters. The van der Waals surface area contributed by atoms with Crippen molar-refractivity contribution in [2.75, 3.05) is 13.1 Å². The van der Waals surface area contributed by atoms with Gasteiger partial charge < -0.3 is 15.5 Å². The standard InChI is InChI=1S/C24H34FN3O2/c25-19-8-6-7-18(17-19)24(13-4-5-14-24)22(29)26-21-11-15-28(16-12-21)23(30)27-20-9-2-1-3-10-20/h6-8,17,20-21H,1-5,9-16H2,(H,26,29)(H,27,30). The summed E-state index contributed by atoms with van der Waals surface area (Å²) in [5, 5.41) is 6.43. The second kappa shape index (κ2) is 9.36. The number of hydrogen-bond donors (Lipinski definition) is 2. The van der Waals surface area contributed by atoms with Gasteiger partial charge in [-0.3, -0.25) is 4.79 Å². The lowest BCUT2D eigenvalue weighted by atomic mass is 9.77. The Kier molecular flexibility index (Phi) is 6.59. The van der Waals surface area contributed by atoms with Crippen molar-refractivity contribution in [2.45, 2.75) is 88.1 Å². The fourth-order valence-corrected chi connectivity index (χ4v) is 5.47. The molecule has 1 heterocycles. The van der Waals surface area contributed by atoms with Gasteiger partial charge in [-0.05, 0) is 56.2 Å². The molecule has 4 rings (SSSR count). The molecular formula is C24H34FN3O2. The van der Waals surface area contributed by atoms with Crippen molar-refractivity contribution < 1.29 is 14.0 Å². The monoisotopic (exact) mass is 415 g/mol. The second-order valence-corrected chi connectivity index (χ2v) is 9.32. The van der Waals surface area contributed by atoms with Gasteiger partial charge in [0.25, 0.3) is 0 Å². The molecule has 0 radical (unpaired) electrons. The van der Waals surface area contributed by atoms with Crippen molar-refractivity contribution >= 4 is 11.9 Å². The van der Waals surface area contributed by atoms with Gasteiger partial charge in [0.2, 0.25) is 5.91 Å². The maximum Gasteiger partial charge on any atom is 0.317 e. The number of rotatable bonds is 4. The minimum absolute atomic E-state index is 0.0238. The third-order valence-corrected chi connectivity index (χ3v) is 7.32. The van der Waals surface area contributed by atoms with Crippen molar-refractivity contribution in [1.29, 1.82) is 0 Å². The van der Waals surface area contributed by atoms with E-state index in [1.165, 1.54) is 31.4 Å². The van der Waals surface area contributed by atoms with Gasteiger partial charge in [-0.15, -0.1) is 0 Å². The van der Waals surface area contributed by atoms with Crippen LogP contribution in [0.1, 0.15) is 76.2 Å². The highest BCUT2D eigenvalue weighted by atomic mass is 19.1. The molecule has 1 aromatic carbocycles. The summed E-state index contributed by atoms with van der Waals surface area (Å²) < 4.78 is 13.8. The first-order chi connectivity index (χ1) is 14.6. The van der Waals surface area contributed by atoms with Crippen LogP contribution in [0.4, 0.5) is 9.18 Å². The number of urea groups is 1. The van der Waals surface area contributed by atoms with Crippen LogP contribution in [0.15, 0.2) is 24.3 Å². The first-order valence-corrected chi connectivity index (χ1v) is 11.7. The lowest BCUT2D eigenvalue weighted by molar-refractivity contribution is -0.127. The fourth-order valence-electron chi connectivity index (χ4n) is 5.47. The maximum atomic E-state index is 13.8. The Bertz CT molecular complexity index is 749. The van der Waals surface area contributed by atoms with Crippen molar-refractivity contribution in [3.8, 4) is 0 Å². The van der Waals surface area contributed by atoms with E-state index in [2.05, 4.69) is 10.6 Å². The number of hydrogen-bond acceptors (Lipinski definition) is 2. The second-order valence-electron chi connectivity index (χ2n) is 9.32. The number of amides is 3. The Morgan fingerprint density at radius 3 is 2.23 bits per heavy atom. The summed E-state index contributed by atoms with van der Waals surface area (Å²) in [4.78, 5) is 27.7. The molecule has 6 heteroatoms. The van der Waals surface area contributed by atoms with Crippen molar-refractivity contribution in [1.82, 2.24) is 15.5 Å². The summed E-state index contributed by atoms with van der Waals surface area (Å²) in [6.07, 6.45) is 10.9. The minimum atomic E-state index is -0.614. The molecule has 0 aromatic heterocycles. The fraction of sp³-hybridized carbons (Fsp3) is 0.667. The van der Waals surface area contributed by atoms with E-state index >= 15 is 0 Å². The van der Waals surface area contributed by atoms with E-state index in [1.807, 2.05) is 11.0 Å². The maximum absolute atomic E-state index is 13.8. The topological polar surface area (TPSA) is 61.4 Å². The molecule has 2 N–H and O–H groups in total. The average Bonchev–Trinajstić information content (AvgIpc) is 3.26. The third kappa shape index (κ3) is 4.62. The number of benzene rings is 1. The molecular weight excluding hydrogens is 381 g/mol. The Morgan fingerprint density at radius 2 is 1.57 bits per heavy atom. The molecule has 0 bridgehead atoms. The molecule has 1 aliphatic heterocycles. The number of piperidine rings is 1. The van der Waals surface area contributed by atoms with E-state index in [4.69, 9.17) is 0 Å². The summed E-state index contributed by atoms with van der Waals surface area (Å²) in [6.45, 7) is 1.33. The van der Waals surface area contributed by atoms with Crippen molar-refractivity contribution in [3.05, 3.63) is 35.6 Å². The molecule has 164 valence electrons. The number of nitrogens with zero attached hydrogens (tertiary/aromatic N) is 1. The summed E-state index contributed by atoms with van der Waals surface area (Å²) in [6, 6.07) is 6.95. The van der Waals surface area contributed by atoms with Gasteiger partial charge in [-0.2, -0.15) is 0 Å². The quantitative estimate of drug-likeness (QED) is 0.772. The highest BCUT2D eigenvalue weighted by Gasteiger charge is 2.43. The van der Waals surface area contributed by atoms with E-state index in [9.17, 15) is 14.0 Å². The van der Waals surface area contributed by atoms with E-state index < -0.39 is 5.41 Å². The Morgan fingerprint density at radius 1 is 0.900 bits per heavy atom. The molecule has 30 heavy (non-hydrogen) atoms. The van der Waals surface area contributed by atoms with Crippen LogP contribution in [0.3, 0.4) is 0 Å². The van der Waals surface area contributed by atoms with Crippen molar-refractivity contribution in [3.63, 3.8) is 0 Å². The molecule has 5 nitrogen and oxygen atoms in total. The zero-order valence-corrected chi connectivity index (χ0v) is 17.8. The molecule has 0 spiro atoms. The summed E-state index contributed by atoms with van der Waals surface area (Å²) in [7, 11) is 0. The van der Waals surface area contributed by atoms with Crippen molar-refractivity contribution in [2.24, 2.45) is 0 Å². The first-order valence-electron chi connectivity index (χ1n) is 11.7. The average molecular weight is 416 g/mol. The van der Waals surface area contributed by atoms with Crippen LogP contribution < -0.4 is 10.6 Å². The molecule has 3 amide bonds.